The number of carbonyl (C=O) groups is 1. The molecule has 0 bridgehead atoms. The Kier molecular flexibility index (Phi) is 28.7. The molecule has 13 heavy (non-hydrogen) atoms. The van der Waals surface area contributed by atoms with Gasteiger partial charge in [0.05, 0.1) is 0 Å². The normalized spacial score (nSPS) is 5.54. The van der Waals surface area contributed by atoms with Crippen LogP contribution in [0.25, 0.3) is 0 Å². The summed E-state index contributed by atoms with van der Waals surface area (Å²) in [5, 5.41) is 26.1. The third-order valence-corrected chi connectivity index (χ3v) is 0. The number of halogens is 1. The molecule has 80 valence electrons. The highest BCUT2D eigenvalue weighted by atomic mass is 35.5. The van der Waals surface area contributed by atoms with Crippen molar-refractivity contribution in [2.45, 2.75) is 0 Å². The Morgan fingerprint density at radius 2 is 0.923 bits per heavy atom. The zero-order chi connectivity index (χ0) is 10.7. The molecule has 0 amide bonds. The van der Waals surface area contributed by atoms with Crippen LogP contribution in [0.15, 0.2) is 0 Å². The highest BCUT2D eigenvalue weighted by Crippen LogP contribution is 1.42. The number of nitrogens with two attached hydrogens (primary N) is 4. The van der Waals surface area contributed by atoms with Gasteiger partial charge in [-0.25, -0.2) is 4.79 Å². The molecule has 0 spiro atoms. The molecule has 9 nitrogen and oxygen atoms in total. The smallest absolute Gasteiger partial charge is 0.450 e. The van der Waals surface area contributed by atoms with Gasteiger partial charge in [0.25, 0.3) is 0 Å². The summed E-state index contributed by atoms with van der Waals surface area (Å²) in [6.07, 6.45) is -1.83. The lowest BCUT2D eigenvalue weighted by molar-refractivity contribution is 0.137. The summed E-state index contributed by atoms with van der Waals surface area (Å²) in [7, 11) is 0. The first-order chi connectivity index (χ1) is 5.20. The molecular weight excluding hydrogens is 204 g/mol. The fourth-order valence-corrected chi connectivity index (χ4v) is 0. The zero-order valence-corrected chi connectivity index (χ0v) is 7.34. The number of hydrogen-bond acceptors (Lipinski definition) is 3. The van der Waals surface area contributed by atoms with Gasteiger partial charge in [-0.05, 0) is 0 Å². The first-order valence-electron chi connectivity index (χ1n) is 2.31. The summed E-state index contributed by atoms with van der Waals surface area (Å²) in [5.41, 5.74) is 17.9. The Balaban J connectivity index is -0.0000000450. The molecule has 0 aromatic rings. The van der Waals surface area contributed by atoms with E-state index in [1.807, 2.05) is 0 Å². The summed E-state index contributed by atoms with van der Waals surface area (Å²) in [5.74, 6) is -0.667. The van der Waals surface area contributed by atoms with Crippen molar-refractivity contribution in [2.24, 2.45) is 22.9 Å². The predicted molar refractivity (Wildman–Crippen MR) is 50.1 cm³/mol. The lowest BCUT2D eigenvalue weighted by Crippen LogP contribution is -2.20. The molecule has 0 atom stereocenters. The van der Waals surface area contributed by atoms with E-state index in [1.54, 1.807) is 0 Å². The van der Waals surface area contributed by atoms with Gasteiger partial charge in [-0.3, -0.25) is 10.8 Å². The van der Waals surface area contributed by atoms with Crippen molar-refractivity contribution in [1.29, 1.82) is 10.8 Å². The van der Waals surface area contributed by atoms with Gasteiger partial charge < -0.3 is 33.1 Å². The van der Waals surface area contributed by atoms with Crippen LogP contribution in [-0.2, 0) is 0 Å². The third kappa shape index (κ3) is 184. The number of rotatable bonds is 0. The highest BCUT2D eigenvalue weighted by Gasteiger charge is 1.70. The summed E-state index contributed by atoms with van der Waals surface area (Å²) < 4.78 is 0. The standard InChI is InChI=1S/2CH5N3.CH2O3.ClH/c3*2-1(3)4;/h2*(H5,2,3,4);(H2,2,3,4);1H. The van der Waals surface area contributed by atoms with E-state index in [-0.39, 0.29) is 24.3 Å². The van der Waals surface area contributed by atoms with Crippen LogP contribution in [0.2, 0.25) is 0 Å². The van der Waals surface area contributed by atoms with Crippen molar-refractivity contribution in [3.8, 4) is 0 Å². The first kappa shape index (κ1) is 22.5. The van der Waals surface area contributed by atoms with Crippen LogP contribution >= 0.6 is 12.4 Å². The van der Waals surface area contributed by atoms with E-state index in [0.717, 1.165) is 0 Å². The van der Waals surface area contributed by atoms with E-state index in [1.165, 1.54) is 0 Å². The largest absolute Gasteiger partial charge is 0.503 e. The van der Waals surface area contributed by atoms with E-state index < -0.39 is 6.16 Å². The minimum Gasteiger partial charge on any atom is -0.450 e. The molecule has 0 aliphatic rings. The quantitative estimate of drug-likeness (QED) is 0.174. The monoisotopic (exact) mass is 216 g/mol. The number of nitrogens with one attached hydrogen (secondary N) is 2. The van der Waals surface area contributed by atoms with Crippen LogP contribution in [0.3, 0.4) is 0 Å². The maximum absolute atomic E-state index is 8.56. The van der Waals surface area contributed by atoms with Gasteiger partial charge in [-0.15, -0.1) is 12.4 Å². The summed E-state index contributed by atoms with van der Waals surface area (Å²) in [6.45, 7) is 0. The second-order valence-electron chi connectivity index (χ2n) is 1.19. The van der Waals surface area contributed by atoms with Crippen molar-refractivity contribution in [3.63, 3.8) is 0 Å². The number of carboxylic acid groups (broad SMARTS) is 2. The van der Waals surface area contributed by atoms with Crippen molar-refractivity contribution < 1.29 is 15.0 Å². The Bertz CT molecular complexity index is 121. The van der Waals surface area contributed by atoms with Gasteiger partial charge >= 0.3 is 6.16 Å². The van der Waals surface area contributed by atoms with Crippen molar-refractivity contribution in [2.75, 3.05) is 0 Å². The Labute approximate surface area is 80.1 Å². The van der Waals surface area contributed by atoms with Gasteiger partial charge in [-0.2, -0.15) is 0 Å². The maximum Gasteiger partial charge on any atom is 0.503 e. The maximum atomic E-state index is 8.56. The summed E-state index contributed by atoms with van der Waals surface area (Å²) >= 11 is 0. The second-order valence-corrected chi connectivity index (χ2v) is 1.19. The molecule has 10 heteroatoms. The van der Waals surface area contributed by atoms with Crippen molar-refractivity contribution in [3.05, 3.63) is 0 Å². The fourth-order valence-electron chi connectivity index (χ4n) is 0. The van der Waals surface area contributed by atoms with Gasteiger partial charge in [0.1, 0.15) is 0 Å². The van der Waals surface area contributed by atoms with Crippen LogP contribution in [0.4, 0.5) is 4.79 Å². The molecule has 0 heterocycles. The summed E-state index contributed by atoms with van der Waals surface area (Å²) in [4.78, 5) is 8.56. The molecule has 0 radical (unpaired) electrons. The molecule has 0 unspecified atom stereocenters. The average Bonchev–Trinajstić information content (AvgIpc) is 1.54. The zero-order valence-electron chi connectivity index (χ0n) is 6.52. The topological polar surface area (TPSA) is 209 Å². The van der Waals surface area contributed by atoms with Crippen LogP contribution in [0, 0.1) is 10.8 Å². The van der Waals surface area contributed by atoms with E-state index in [9.17, 15) is 0 Å². The lowest BCUT2D eigenvalue weighted by Gasteiger charge is -1.69. The van der Waals surface area contributed by atoms with Crippen LogP contribution in [0.5, 0.6) is 0 Å². The molecule has 0 rings (SSSR count). The molecule has 12 N–H and O–H groups in total. The van der Waals surface area contributed by atoms with Gasteiger partial charge in [0.15, 0.2) is 11.9 Å². The predicted octanol–water partition coefficient (Wildman–Crippen LogP) is -1.68. The molecule has 0 aliphatic carbocycles. The summed E-state index contributed by atoms with van der Waals surface area (Å²) in [6, 6.07) is 0. The highest BCUT2D eigenvalue weighted by molar-refractivity contribution is 5.85. The van der Waals surface area contributed by atoms with Crippen molar-refractivity contribution >= 4 is 30.5 Å². The SMILES string of the molecule is Cl.N=C(N)N.N=C(N)N.O=C(O)O. The van der Waals surface area contributed by atoms with Crippen LogP contribution < -0.4 is 22.9 Å². The lowest BCUT2D eigenvalue weighted by atomic mass is 11.1. The Morgan fingerprint density at radius 1 is 0.923 bits per heavy atom. The minimum absolute atomic E-state index is 0. The second kappa shape index (κ2) is 16.6. The molecular formula is C3H13ClN6O3. The van der Waals surface area contributed by atoms with Crippen LogP contribution in [-0.4, -0.2) is 28.3 Å². The minimum atomic E-state index is -1.83. The van der Waals surface area contributed by atoms with Gasteiger partial charge in [0, 0.05) is 0 Å². The van der Waals surface area contributed by atoms with E-state index in [0.29, 0.717) is 0 Å². The van der Waals surface area contributed by atoms with Crippen LogP contribution in [0.1, 0.15) is 0 Å². The number of guanidine groups is 2. The molecule has 0 aliphatic heterocycles. The Hall–Kier alpha value is -1.90. The molecule has 0 aromatic heterocycles. The fraction of sp³-hybridized carbons (Fsp3) is 0. The molecule has 0 saturated heterocycles. The van der Waals surface area contributed by atoms with Crippen molar-refractivity contribution in [1.82, 2.24) is 0 Å². The van der Waals surface area contributed by atoms with E-state index in [4.69, 9.17) is 25.8 Å². The molecule has 0 saturated carbocycles. The molecule has 0 fully saturated rings. The third-order valence-electron chi connectivity index (χ3n) is 0. The van der Waals surface area contributed by atoms with E-state index >= 15 is 0 Å². The first-order valence-corrected chi connectivity index (χ1v) is 2.31. The molecule has 0 aromatic carbocycles. The van der Waals surface area contributed by atoms with E-state index in [2.05, 4.69) is 22.9 Å². The number of hydrogen-bond donors (Lipinski definition) is 8. The average molecular weight is 217 g/mol. The van der Waals surface area contributed by atoms with Gasteiger partial charge in [-0.1, -0.05) is 0 Å². The Morgan fingerprint density at radius 3 is 0.923 bits per heavy atom. The van der Waals surface area contributed by atoms with Gasteiger partial charge in [0.2, 0.25) is 0 Å².